The zero-order valence-electron chi connectivity index (χ0n) is 12.6. The third-order valence-electron chi connectivity index (χ3n) is 3.04. The quantitative estimate of drug-likeness (QED) is 0.879. The van der Waals surface area contributed by atoms with Gasteiger partial charge in [-0.2, -0.15) is 0 Å². The zero-order valence-corrected chi connectivity index (χ0v) is 13.4. The lowest BCUT2D eigenvalue weighted by Crippen LogP contribution is -2.18. The molecule has 0 radical (unpaired) electrons. The lowest BCUT2D eigenvalue weighted by atomic mass is 9.92. The molecule has 6 heteroatoms. The zero-order chi connectivity index (χ0) is 15.6. The number of thioether (sulfide) groups is 1. The van der Waals surface area contributed by atoms with Gasteiger partial charge in [0, 0.05) is 17.3 Å². The standard InChI is InChI=1S/C15H19N3O2S/c1-10-11(6-5-7-16-10)18-12(15(2,3)4)8-17-14(18)21-9-13(19)20/h5-8H,9H2,1-4H3,(H,19,20). The second-order valence-corrected chi connectivity index (χ2v) is 6.74. The van der Waals surface area contributed by atoms with Crippen LogP contribution in [-0.4, -0.2) is 31.4 Å². The molecule has 0 saturated heterocycles. The van der Waals surface area contributed by atoms with Crippen molar-refractivity contribution in [3.8, 4) is 5.69 Å². The Hall–Kier alpha value is -1.82. The lowest BCUT2D eigenvalue weighted by molar-refractivity contribution is -0.133. The number of carboxylic acids is 1. The molecule has 0 aliphatic carbocycles. The number of rotatable bonds is 4. The summed E-state index contributed by atoms with van der Waals surface area (Å²) in [7, 11) is 0. The summed E-state index contributed by atoms with van der Waals surface area (Å²) in [6.07, 6.45) is 3.56. The van der Waals surface area contributed by atoms with Gasteiger partial charge in [-0.1, -0.05) is 32.5 Å². The molecule has 0 atom stereocenters. The van der Waals surface area contributed by atoms with E-state index in [1.165, 1.54) is 11.8 Å². The number of carboxylic acid groups (broad SMARTS) is 1. The van der Waals surface area contributed by atoms with Crippen LogP contribution >= 0.6 is 11.8 Å². The van der Waals surface area contributed by atoms with Gasteiger partial charge in [-0.15, -0.1) is 0 Å². The topological polar surface area (TPSA) is 68.0 Å². The van der Waals surface area contributed by atoms with Crippen molar-refractivity contribution in [3.63, 3.8) is 0 Å². The average molecular weight is 305 g/mol. The molecule has 0 spiro atoms. The molecule has 0 bridgehead atoms. The fourth-order valence-electron chi connectivity index (χ4n) is 2.04. The van der Waals surface area contributed by atoms with Gasteiger partial charge in [0.25, 0.3) is 0 Å². The van der Waals surface area contributed by atoms with Crippen LogP contribution in [0.1, 0.15) is 32.2 Å². The number of pyridine rings is 1. The molecule has 0 aliphatic rings. The Labute approximate surface area is 128 Å². The summed E-state index contributed by atoms with van der Waals surface area (Å²) in [5, 5.41) is 9.57. The molecule has 2 aromatic rings. The van der Waals surface area contributed by atoms with Crippen molar-refractivity contribution < 1.29 is 9.90 Å². The molecule has 0 fully saturated rings. The first-order valence-corrected chi connectivity index (χ1v) is 7.64. The highest BCUT2D eigenvalue weighted by Gasteiger charge is 2.24. The molecule has 0 saturated carbocycles. The van der Waals surface area contributed by atoms with E-state index in [0.29, 0.717) is 5.16 Å². The van der Waals surface area contributed by atoms with E-state index in [1.807, 2.05) is 29.8 Å². The van der Waals surface area contributed by atoms with Crippen LogP contribution in [0.15, 0.2) is 29.7 Å². The van der Waals surface area contributed by atoms with Crippen LogP contribution < -0.4 is 0 Å². The average Bonchev–Trinajstić information content (AvgIpc) is 2.80. The first kappa shape index (κ1) is 15.6. The smallest absolute Gasteiger partial charge is 0.313 e. The highest BCUT2D eigenvalue weighted by atomic mass is 32.2. The minimum Gasteiger partial charge on any atom is -0.481 e. The Morgan fingerprint density at radius 2 is 2.10 bits per heavy atom. The van der Waals surface area contributed by atoms with E-state index in [4.69, 9.17) is 5.11 Å². The maximum Gasteiger partial charge on any atom is 0.313 e. The van der Waals surface area contributed by atoms with Crippen LogP contribution in [0, 0.1) is 6.92 Å². The van der Waals surface area contributed by atoms with Crippen molar-refractivity contribution in [2.45, 2.75) is 38.3 Å². The van der Waals surface area contributed by atoms with Gasteiger partial charge in [-0.25, -0.2) is 4.98 Å². The number of hydrogen-bond donors (Lipinski definition) is 1. The summed E-state index contributed by atoms with van der Waals surface area (Å²) < 4.78 is 2.01. The highest BCUT2D eigenvalue weighted by molar-refractivity contribution is 7.99. The second-order valence-electron chi connectivity index (χ2n) is 5.80. The molecule has 0 aromatic carbocycles. The van der Waals surface area contributed by atoms with E-state index in [9.17, 15) is 4.79 Å². The number of aryl methyl sites for hydroxylation is 1. The summed E-state index contributed by atoms with van der Waals surface area (Å²) >= 11 is 1.22. The number of hydrogen-bond acceptors (Lipinski definition) is 4. The molecule has 0 unspecified atom stereocenters. The summed E-state index contributed by atoms with van der Waals surface area (Å²) in [4.78, 5) is 19.5. The van der Waals surface area contributed by atoms with E-state index in [2.05, 4.69) is 30.7 Å². The number of nitrogens with zero attached hydrogens (tertiary/aromatic N) is 3. The predicted octanol–water partition coefficient (Wildman–Crippen LogP) is 3.05. The Morgan fingerprint density at radius 1 is 1.38 bits per heavy atom. The normalized spacial score (nSPS) is 11.6. The third kappa shape index (κ3) is 3.44. The van der Waals surface area contributed by atoms with E-state index in [-0.39, 0.29) is 11.2 Å². The van der Waals surface area contributed by atoms with Crippen molar-refractivity contribution in [3.05, 3.63) is 35.9 Å². The fourth-order valence-corrected chi connectivity index (χ4v) is 2.74. The molecule has 2 heterocycles. The molecular weight excluding hydrogens is 286 g/mol. The van der Waals surface area contributed by atoms with Gasteiger partial charge in [0.15, 0.2) is 5.16 Å². The summed E-state index contributed by atoms with van der Waals surface area (Å²) in [5.41, 5.74) is 2.76. The van der Waals surface area contributed by atoms with Gasteiger partial charge in [-0.3, -0.25) is 14.3 Å². The molecular formula is C15H19N3O2S. The minimum atomic E-state index is -0.852. The minimum absolute atomic E-state index is 0.0140. The predicted molar refractivity (Wildman–Crippen MR) is 83.2 cm³/mol. The van der Waals surface area contributed by atoms with Crippen LogP contribution in [0.4, 0.5) is 0 Å². The summed E-state index contributed by atoms with van der Waals surface area (Å²) in [6.45, 7) is 8.26. The van der Waals surface area contributed by atoms with Gasteiger partial charge in [0.1, 0.15) is 0 Å². The van der Waals surface area contributed by atoms with E-state index < -0.39 is 5.97 Å². The van der Waals surface area contributed by atoms with Gasteiger partial charge in [-0.05, 0) is 19.1 Å². The molecule has 112 valence electrons. The molecule has 5 nitrogen and oxygen atoms in total. The molecule has 1 N–H and O–H groups in total. The van der Waals surface area contributed by atoms with Crippen molar-refractivity contribution in [1.29, 1.82) is 0 Å². The van der Waals surface area contributed by atoms with Crippen LogP contribution in [-0.2, 0) is 10.2 Å². The third-order valence-corrected chi connectivity index (χ3v) is 3.98. The Bertz CT molecular complexity index is 659. The molecule has 2 rings (SSSR count). The SMILES string of the molecule is Cc1ncccc1-n1c(C(C)(C)C)cnc1SCC(=O)O. The van der Waals surface area contributed by atoms with E-state index in [0.717, 1.165) is 17.1 Å². The van der Waals surface area contributed by atoms with E-state index in [1.54, 1.807) is 6.20 Å². The van der Waals surface area contributed by atoms with Crippen LogP contribution in [0.2, 0.25) is 0 Å². The number of aromatic nitrogens is 3. The van der Waals surface area contributed by atoms with Crippen LogP contribution in [0.3, 0.4) is 0 Å². The van der Waals surface area contributed by atoms with Crippen molar-refractivity contribution in [2.75, 3.05) is 5.75 Å². The van der Waals surface area contributed by atoms with Crippen LogP contribution in [0.25, 0.3) is 5.69 Å². The molecule has 21 heavy (non-hydrogen) atoms. The van der Waals surface area contributed by atoms with Crippen molar-refractivity contribution in [2.24, 2.45) is 0 Å². The first-order valence-electron chi connectivity index (χ1n) is 6.65. The number of aliphatic carboxylic acids is 1. The first-order chi connectivity index (χ1) is 9.80. The number of imidazole rings is 1. The largest absolute Gasteiger partial charge is 0.481 e. The van der Waals surface area contributed by atoms with Gasteiger partial charge >= 0.3 is 5.97 Å². The number of carbonyl (C=O) groups is 1. The second kappa shape index (κ2) is 5.89. The maximum absolute atomic E-state index is 10.8. The van der Waals surface area contributed by atoms with Gasteiger partial charge < -0.3 is 5.11 Å². The maximum atomic E-state index is 10.8. The molecule has 0 amide bonds. The van der Waals surface area contributed by atoms with E-state index >= 15 is 0 Å². The van der Waals surface area contributed by atoms with Crippen LogP contribution in [0.5, 0.6) is 0 Å². The Balaban J connectivity index is 2.56. The summed E-state index contributed by atoms with van der Waals surface area (Å²) in [5.74, 6) is -0.866. The monoisotopic (exact) mass is 305 g/mol. The molecule has 0 aliphatic heterocycles. The lowest BCUT2D eigenvalue weighted by Gasteiger charge is -2.22. The van der Waals surface area contributed by atoms with Gasteiger partial charge in [0.2, 0.25) is 0 Å². The van der Waals surface area contributed by atoms with Crippen molar-refractivity contribution >= 4 is 17.7 Å². The fraction of sp³-hybridized carbons (Fsp3) is 0.400. The Morgan fingerprint density at radius 3 is 2.67 bits per heavy atom. The summed E-state index contributed by atoms with van der Waals surface area (Å²) in [6, 6.07) is 3.85. The Kier molecular flexibility index (Phi) is 4.37. The van der Waals surface area contributed by atoms with Crippen molar-refractivity contribution in [1.82, 2.24) is 14.5 Å². The highest BCUT2D eigenvalue weighted by Crippen LogP contribution is 2.31. The van der Waals surface area contributed by atoms with Gasteiger partial charge in [0.05, 0.1) is 23.3 Å². The molecule has 2 aromatic heterocycles.